The molecule has 0 bridgehead atoms. The standard InChI is InChI=1S/C13H16F2N2O/c1-17(8-13(7-16)4-5-13)12(18)10-3-2-9(14)6-11(10)15/h2-3,6H,4-5,7-8,16H2,1H3. The Morgan fingerprint density at radius 1 is 1.44 bits per heavy atom. The van der Waals surface area contributed by atoms with Crippen molar-refractivity contribution < 1.29 is 13.6 Å². The van der Waals surface area contributed by atoms with Crippen LogP contribution in [0, 0.1) is 17.0 Å². The van der Waals surface area contributed by atoms with Gasteiger partial charge in [-0.25, -0.2) is 8.78 Å². The number of hydrogen-bond acceptors (Lipinski definition) is 2. The van der Waals surface area contributed by atoms with E-state index in [1.165, 1.54) is 11.0 Å². The molecule has 2 N–H and O–H groups in total. The van der Waals surface area contributed by atoms with Crippen molar-refractivity contribution in [3.8, 4) is 0 Å². The average Bonchev–Trinajstić information content (AvgIpc) is 3.09. The summed E-state index contributed by atoms with van der Waals surface area (Å²) in [6, 6.07) is 2.97. The molecular formula is C13H16F2N2O. The maximum atomic E-state index is 13.5. The van der Waals surface area contributed by atoms with E-state index >= 15 is 0 Å². The highest BCUT2D eigenvalue weighted by atomic mass is 19.1. The van der Waals surface area contributed by atoms with Crippen molar-refractivity contribution in [1.82, 2.24) is 4.90 Å². The summed E-state index contributed by atoms with van der Waals surface area (Å²) in [5.74, 6) is -1.95. The molecule has 1 saturated carbocycles. The minimum atomic E-state index is -0.829. The number of nitrogens with two attached hydrogens (primary N) is 1. The number of halogens is 2. The molecule has 5 heteroatoms. The van der Waals surface area contributed by atoms with E-state index in [1.807, 2.05) is 0 Å². The first-order valence-corrected chi connectivity index (χ1v) is 5.88. The van der Waals surface area contributed by atoms with Gasteiger partial charge in [-0.05, 0) is 31.5 Å². The maximum absolute atomic E-state index is 13.5. The summed E-state index contributed by atoms with van der Waals surface area (Å²) in [7, 11) is 1.61. The van der Waals surface area contributed by atoms with Gasteiger partial charge in [-0.1, -0.05) is 0 Å². The van der Waals surface area contributed by atoms with E-state index in [1.54, 1.807) is 7.05 Å². The first-order valence-electron chi connectivity index (χ1n) is 5.88. The van der Waals surface area contributed by atoms with Crippen molar-refractivity contribution >= 4 is 5.91 Å². The second-order valence-electron chi connectivity index (χ2n) is 4.99. The molecule has 0 aromatic heterocycles. The lowest BCUT2D eigenvalue weighted by Gasteiger charge is -2.23. The fourth-order valence-corrected chi connectivity index (χ4v) is 2.05. The second kappa shape index (κ2) is 4.65. The Morgan fingerprint density at radius 2 is 2.11 bits per heavy atom. The van der Waals surface area contributed by atoms with Crippen LogP contribution in [0.1, 0.15) is 23.2 Å². The van der Waals surface area contributed by atoms with E-state index in [4.69, 9.17) is 5.73 Å². The Hall–Kier alpha value is -1.49. The molecule has 1 aromatic carbocycles. The number of benzene rings is 1. The van der Waals surface area contributed by atoms with E-state index in [2.05, 4.69) is 0 Å². The van der Waals surface area contributed by atoms with Crippen LogP contribution in [-0.2, 0) is 0 Å². The molecule has 0 unspecified atom stereocenters. The summed E-state index contributed by atoms with van der Waals surface area (Å²) in [6.45, 7) is 1.04. The summed E-state index contributed by atoms with van der Waals surface area (Å²) >= 11 is 0. The first-order chi connectivity index (χ1) is 8.47. The normalized spacial score (nSPS) is 16.4. The van der Waals surface area contributed by atoms with Gasteiger partial charge in [0.05, 0.1) is 5.56 Å². The van der Waals surface area contributed by atoms with E-state index in [-0.39, 0.29) is 11.0 Å². The lowest BCUT2D eigenvalue weighted by molar-refractivity contribution is 0.0762. The number of carbonyl (C=O) groups excluding carboxylic acids is 1. The largest absolute Gasteiger partial charge is 0.341 e. The van der Waals surface area contributed by atoms with Gasteiger partial charge in [0.15, 0.2) is 0 Å². The fraction of sp³-hybridized carbons (Fsp3) is 0.462. The van der Waals surface area contributed by atoms with Crippen molar-refractivity contribution in [2.75, 3.05) is 20.1 Å². The van der Waals surface area contributed by atoms with Crippen molar-refractivity contribution in [3.05, 3.63) is 35.4 Å². The average molecular weight is 254 g/mol. The molecule has 0 atom stereocenters. The quantitative estimate of drug-likeness (QED) is 0.890. The topological polar surface area (TPSA) is 46.3 Å². The molecule has 0 saturated heterocycles. The van der Waals surface area contributed by atoms with E-state index in [9.17, 15) is 13.6 Å². The first kappa shape index (κ1) is 13.0. The maximum Gasteiger partial charge on any atom is 0.256 e. The van der Waals surface area contributed by atoms with E-state index in [0.29, 0.717) is 13.1 Å². The van der Waals surface area contributed by atoms with Crippen molar-refractivity contribution in [2.24, 2.45) is 11.1 Å². The van der Waals surface area contributed by atoms with Crippen LogP contribution in [0.25, 0.3) is 0 Å². The number of nitrogens with zero attached hydrogens (tertiary/aromatic N) is 1. The van der Waals surface area contributed by atoms with Crippen LogP contribution in [-0.4, -0.2) is 30.9 Å². The summed E-state index contributed by atoms with van der Waals surface area (Å²) in [4.78, 5) is 13.5. The molecule has 1 fully saturated rings. The van der Waals surface area contributed by atoms with E-state index < -0.39 is 17.5 Å². The third kappa shape index (κ3) is 2.51. The predicted molar refractivity (Wildman–Crippen MR) is 64.0 cm³/mol. The molecule has 0 spiro atoms. The van der Waals surface area contributed by atoms with Gasteiger partial charge in [-0.2, -0.15) is 0 Å². The predicted octanol–water partition coefficient (Wildman–Crippen LogP) is 1.78. The van der Waals surface area contributed by atoms with Crippen LogP contribution in [0.15, 0.2) is 18.2 Å². The van der Waals surface area contributed by atoms with Crippen LogP contribution < -0.4 is 5.73 Å². The molecule has 1 aliphatic rings. The lowest BCUT2D eigenvalue weighted by Crippen LogP contribution is -2.36. The van der Waals surface area contributed by atoms with Gasteiger partial charge >= 0.3 is 0 Å². The minimum Gasteiger partial charge on any atom is -0.341 e. The molecule has 1 aromatic rings. The van der Waals surface area contributed by atoms with Gasteiger partial charge in [-0.3, -0.25) is 4.79 Å². The molecular weight excluding hydrogens is 238 g/mol. The van der Waals surface area contributed by atoms with Crippen molar-refractivity contribution in [2.45, 2.75) is 12.8 Å². The fourth-order valence-electron chi connectivity index (χ4n) is 2.05. The zero-order valence-corrected chi connectivity index (χ0v) is 10.2. The molecule has 0 heterocycles. The molecule has 2 rings (SSSR count). The zero-order chi connectivity index (χ0) is 13.3. The molecule has 98 valence electrons. The van der Waals surface area contributed by atoms with Crippen LogP contribution in [0.5, 0.6) is 0 Å². The Morgan fingerprint density at radius 3 is 2.61 bits per heavy atom. The lowest BCUT2D eigenvalue weighted by atomic mass is 10.1. The third-order valence-electron chi connectivity index (χ3n) is 3.47. The number of carbonyl (C=O) groups is 1. The Balaban J connectivity index is 2.10. The second-order valence-corrected chi connectivity index (χ2v) is 4.99. The van der Waals surface area contributed by atoms with Gasteiger partial charge in [0.1, 0.15) is 11.6 Å². The van der Waals surface area contributed by atoms with Gasteiger partial charge < -0.3 is 10.6 Å². The van der Waals surface area contributed by atoms with Crippen molar-refractivity contribution in [3.63, 3.8) is 0 Å². The van der Waals surface area contributed by atoms with Crippen LogP contribution in [0.3, 0.4) is 0 Å². The highest BCUT2D eigenvalue weighted by Gasteiger charge is 2.42. The summed E-state index contributed by atoms with van der Waals surface area (Å²) < 4.78 is 26.2. The number of amides is 1. The van der Waals surface area contributed by atoms with Crippen LogP contribution in [0.4, 0.5) is 8.78 Å². The Kier molecular flexibility index (Phi) is 3.34. The van der Waals surface area contributed by atoms with Gasteiger partial charge in [0.2, 0.25) is 0 Å². The minimum absolute atomic E-state index is 0.000909. The molecule has 0 radical (unpaired) electrons. The number of hydrogen-bond donors (Lipinski definition) is 1. The van der Waals surface area contributed by atoms with Gasteiger partial charge in [0.25, 0.3) is 5.91 Å². The van der Waals surface area contributed by atoms with Crippen LogP contribution >= 0.6 is 0 Å². The molecule has 1 amide bonds. The highest BCUT2D eigenvalue weighted by molar-refractivity contribution is 5.94. The summed E-state index contributed by atoms with van der Waals surface area (Å²) in [6.07, 6.45) is 1.99. The molecule has 18 heavy (non-hydrogen) atoms. The molecule has 3 nitrogen and oxygen atoms in total. The Bertz CT molecular complexity index is 472. The monoisotopic (exact) mass is 254 g/mol. The van der Waals surface area contributed by atoms with Crippen molar-refractivity contribution in [1.29, 1.82) is 0 Å². The van der Waals surface area contributed by atoms with Gasteiger partial charge in [0, 0.05) is 25.1 Å². The SMILES string of the molecule is CN(CC1(CN)CC1)C(=O)c1ccc(F)cc1F. The molecule has 1 aliphatic carbocycles. The highest BCUT2D eigenvalue weighted by Crippen LogP contribution is 2.45. The zero-order valence-electron chi connectivity index (χ0n) is 10.2. The summed E-state index contributed by atoms with van der Waals surface area (Å²) in [5.41, 5.74) is 5.54. The summed E-state index contributed by atoms with van der Waals surface area (Å²) in [5, 5.41) is 0. The van der Waals surface area contributed by atoms with E-state index in [0.717, 1.165) is 25.0 Å². The van der Waals surface area contributed by atoms with Gasteiger partial charge in [-0.15, -0.1) is 0 Å². The third-order valence-corrected chi connectivity index (χ3v) is 3.47. The molecule has 0 aliphatic heterocycles. The number of rotatable bonds is 4. The smallest absolute Gasteiger partial charge is 0.256 e. The Labute approximate surface area is 105 Å². The van der Waals surface area contributed by atoms with Crippen LogP contribution in [0.2, 0.25) is 0 Å².